The van der Waals surface area contributed by atoms with Gasteiger partial charge in [-0.2, -0.15) is 10.4 Å². The van der Waals surface area contributed by atoms with E-state index in [9.17, 15) is 13.2 Å². The van der Waals surface area contributed by atoms with E-state index in [1.807, 2.05) is 0 Å². The lowest BCUT2D eigenvalue weighted by Gasteiger charge is -2.58. The van der Waals surface area contributed by atoms with Crippen molar-refractivity contribution in [1.29, 1.82) is 5.26 Å². The number of carbonyl (C=O) groups excluding carboxylic acids is 1. The third-order valence-corrected chi connectivity index (χ3v) is 12.0. The van der Waals surface area contributed by atoms with Crippen LogP contribution in [-0.4, -0.2) is 35.5 Å². The van der Waals surface area contributed by atoms with Crippen LogP contribution in [0.4, 0.5) is 0 Å². The van der Waals surface area contributed by atoms with E-state index in [1.165, 1.54) is 18.9 Å². The SMILES string of the molecule is CC1(C)CC(S(C)(=O)=O)[C@H]2[C@H](CC[C@@H]3[C@@H]2CC[C@]2(C)[C@@H](C(=O)Cn4cc(C#N)cn4)CC[C@@H]32)C1. The standard InChI is InChI=1S/C27H39N3O3S/c1-26(2)11-18-5-6-19-20(25(18)24(12-26)34(4,32)33)9-10-27(3)21(19)7-8-22(27)23(31)16-30-15-17(13-28)14-29-30/h14-15,18-22,24-25H,5-12,16H2,1-4H3/t18-,19-,20+,21+,22-,24?,25+,27+/m1/s1. The zero-order valence-electron chi connectivity index (χ0n) is 21.0. The predicted molar refractivity (Wildman–Crippen MR) is 130 cm³/mol. The molecule has 186 valence electrons. The summed E-state index contributed by atoms with van der Waals surface area (Å²) in [4.78, 5) is 13.4. The summed E-state index contributed by atoms with van der Waals surface area (Å²) in [5.74, 6) is 2.59. The fourth-order valence-corrected chi connectivity index (χ4v) is 10.9. The lowest BCUT2D eigenvalue weighted by molar-refractivity contribution is -0.131. The van der Waals surface area contributed by atoms with Crippen molar-refractivity contribution in [2.24, 2.45) is 46.3 Å². The van der Waals surface area contributed by atoms with E-state index in [-0.39, 0.29) is 40.2 Å². The van der Waals surface area contributed by atoms with Gasteiger partial charge in [-0.25, -0.2) is 8.42 Å². The van der Waals surface area contributed by atoms with E-state index in [0.29, 0.717) is 29.2 Å². The summed E-state index contributed by atoms with van der Waals surface area (Å²) >= 11 is 0. The summed E-state index contributed by atoms with van der Waals surface area (Å²) in [6.45, 7) is 7.06. The molecule has 0 spiro atoms. The van der Waals surface area contributed by atoms with Crippen molar-refractivity contribution >= 4 is 15.6 Å². The zero-order chi connectivity index (χ0) is 24.5. The van der Waals surface area contributed by atoms with E-state index in [2.05, 4.69) is 31.9 Å². The number of Topliss-reactive ketones (excluding diaryl/α,β-unsaturated/α-hetero) is 1. The van der Waals surface area contributed by atoms with Crippen molar-refractivity contribution < 1.29 is 13.2 Å². The number of hydrogen-bond acceptors (Lipinski definition) is 5. The smallest absolute Gasteiger partial charge is 0.157 e. The minimum Gasteiger partial charge on any atom is -0.297 e. The Hall–Kier alpha value is -1.68. The molecule has 1 unspecified atom stereocenters. The second-order valence-electron chi connectivity index (χ2n) is 13.0. The van der Waals surface area contributed by atoms with E-state index < -0.39 is 9.84 Å². The second kappa shape index (κ2) is 8.18. The highest BCUT2D eigenvalue weighted by Gasteiger charge is 2.60. The first-order valence-corrected chi connectivity index (χ1v) is 15.0. The molecule has 1 aromatic rings. The summed E-state index contributed by atoms with van der Waals surface area (Å²) in [6, 6.07) is 2.08. The number of aromatic nitrogens is 2. The van der Waals surface area contributed by atoms with Gasteiger partial charge < -0.3 is 0 Å². The highest BCUT2D eigenvalue weighted by atomic mass is 32.2. The molecular formula is C27H39N3O3S. The third kappa shape index (κ3) is 3.94. The van der Waals surface area contributed by atoms with Crippen molar-refractivity contribution in [3.63, 3.8) is 0 Å². The molecule has 0 saturated heterocycles. The normalized spacial score (nSPS) is 41.1. The highest BCUT2D eigenvalue weighted by molar-refractivity contribution is 7.91. The maximum absolute atomic E-state index is 13.4. The minimum absolute atomic E-state index is 0.00911. The summed E-state index contributed by atoms with van der Waals surface area (Å²) in [7, 11) is -3.10. The van der Waals surface area contributed by atoms with Gasteiger partial charge in [-0.15, -0.1) is 0 Å². The lowest BCUT2D eigenvalue weighted by atomic mass is 9.48. The molecule has 1 aromatic heterocycles. The Labute approximate surface area is 204 Å². The van der Waals surface area contributed by atoms with Gasteiger partial charge in [-0.1, -0.05) is 20.8 Å². The Morgan fingerprint density at radius 1 is 1.15 bits per heavy atom. The van der Waals surface area contributed by atoms with Crippen molar-refractivity contribution in [3.8, 4) is 6.07 Å². The summed E-state index contributed by atoms with van der Waals surface area (Å²) in [5.41, 5.74) is 0.565. The van der Waals surface area contributed by atoms with Crippen molar-refractivity contribution in [1.82, 2.24) is 9.78 Å². The van der Waals surface area contributed by atoms with Crippen LogP contribution in [0, 0.1) is 57.7 Å². The molecule has 1 heterocycles. The Morgan fingerprint density at radius 3 is 2.59 bits per heavy atom. The Kier molecular flexibility index (Phi) is 5.78. The number of ketones is 1. The summed E-state index contributed by atoms with van der Waals surface area (Å²) in [5, 5.41) is 13.0. The first kappa shape index (κ1) is 24.0. The van der Waals surface area contributed by atoms with Gasteiger partial charge in [0.2, 0.25) is 0 Å². The molecule has 4 aliphatic carbocycles. The number of hydrogen-bond donors (Lipinski definition) is 0. The van der Waals surface area contributed by atoms with Gasteiger partial charge in [0.15, 0.2) is 15.6 Å². The van der Waals surface area contributed by atoms with E-state index in [0.717, 1.165) is 44.9 Å². The van der Waals surface area contributed by atoms with E-state index in [1.54, 1.807) is 10.9 Å². The molecule has 4 saturated carbocycles. The van der Waals surface area contributed by atoms with Gasteiger partial charge in [-0.05, 0) is 91.8 Å². The number of nitrogens with zero attached hydrogens (tertiary/aromatic N) is 3. The average molecular weight is 486 g/mol. The molecule has 0 aliphatic heterocycles. The summed E-state index contributed by atoms with van der Waals surface area (Å²) < 4.78 is 27.5. The fraction of sp³-hybridized carbons (Fsp3) is 0.815. The molecular weight excluding hydrogens is 446 g/mol. The molecule has 0 bridgehead atoms. The number of fused-ring (bicyclic) bond motifs is 5. The lowest BCUT2D eigenvalue weighted by Crippen LogP contribution is -2.55. The zero-order valence-corrected chi connectivity index (χ0v) is 21.9. The Morgan fingerprint density at radius 2 is 1.91 bits per heavy atom. The third-order valence-electron chi connectivity index (χ3n) is 10.4. The molecule has 6 nitrogen and oxygen atoms in total. The van der Waals surface area contributed by atoms with Crippen LogP contribution >= 0.6 is 0 Å². The maximum Gasteiger partial charge on any atom is 0.157 e. The molecule has 0 radical (unpaired) electrons. The molecule has 7 heteroatoms. The number of nitriles is 1. The van der Waals surface area contributed by atoms with Crippen LogP contribution in [0.1, 0.15) is 77.7 Å². The van der Waals surface area contributed by atoms with Crippen LogP contribution in [0.2, 0.25) is 0 Å². The molecule has 0 amide bonds. The van der Waals surface area contributed by atoms with Crippen molar-refractivity contribution in [2.75, 3.05) is 6.26 Å². The number of sulfone groups is 1. The van der Waals surface area contributed by atoms with Crippen LogP contribution in [0.15, 0.2) is 12.4 Å². The predicted octanol–water partition coefficient (Wildman–Crippen LogP) is 4.64. The topological polar surface area (TPSA) is 92.8 Å². The van der Waals surface area contributed by atoms with Crippen molar-refractivity contribution in [3.05, 3.63) is 18.0 Å². The van der Waals surface area contributed by atoms with Gasteiger partial charge >= 0.3 is 0 Å². The van der Waals surface area contributed by atoms with E-state index >= 15 is 0 Å². The van der Waals surface area contributed by atoms with Crippen molar-refractivity contribution in [2.45, 2.75) is 83.9 Å². The molecule has 34 heavy (non-hydrogen) atoms. The fourth-order valence-electron chi connectivity index (χ4n) is 9.19. The molecule has 4 fully saturated rings. The molecule has 5 rings (SSSR count). The maximum atomic E-state index is 13.4. The van der Waals surface area contributed by atoms with Gasteiger partial charge in [0.05, 0.1) is 23.6 Å². The van der Waals surface area contributed by atoms with E-state index in [4.69, 9.17) is 5.26 Å². The molecule has 0 aromatic carbocycles. The molecule has 0 N–H and O–H groups in total. The Bertz CT molecular complexity index is 1120. The van der Waals surface area contributed by atoms with Gasteiger partial charge in [-0.3, -0.25) is 9.48 Å². The van der Waals surface area contributed by atoms with Crippen LogP contribution < -0.4 is 0 Å². The van der Waals surface area contributed by atoms with Gasteiger partial charge in [0.25, 0.3) is 0 Å². The van der Waals surface area contributed by atoms with Crippen LogP contribution in [0.3, 0.4) is 0 Å². The van der Waals surface area contributed by atoms with Crippen LogP contribution in [-0.2, 0) is 21.2 Å². The van der Waals surface area contributed by atoms with Gasteiger partial charge in [0, 0.05) is 18.4 Å². The average Bonchev–Trinajstić information content (AvgIpc) is 3.35. The minimum atomic E-state index is -3.10. The summed E-state index contributed by atoms with van der Waals surface area (Å²) in [6.07, 6.45) is 12.9. The Balaban J connectivity index is 1.37. The number of carbonyl (C=O) groups is 1. The molecule has 4 aliphatic rings. The van der Waals surface area contributed by atoms with Gasteiger partial charge in [0.1, 0.15) is 6.07 Å². The van der Waals surface area contributed by atoms with Crippen LogP contribution in [0.5, 0.6) is 0 Å². The first-order chi connectivity index (χ1) is 15.9. The monoisotopic (exact) mass is 485 g/mol. The largest absolute Gasteiger partial charge is 0.297 e. The first-order valence-electron chi connectivity index (χ1n) is 13.1. The number of rotatable bonds is 4. The highest BCUT2D eigenvalue weighted by Crippen LogP contribution is 2.65. The van der Waals surface area contributed by atoms with Crippen LogP contribution in [0.25, 0.3) is 0 Å². The quantitative estimate of drug-likeness (QED) is 0.619. The molecule has 8 atom stereocenters. The second-order valence-corrected chi connectivity index (χ2v) is 15.2.